The number of carbonyl (C=O) groups is 1. The Bertz CT molecular complexity index is 351. The van der Waals surface area contributed by atoms with Gasteiger partial charge in [0.05, 0.1) is 6.04 Å². The SMILES string of the molecule is NC(Cc1ccccc1)C(=O)C[N+](=O)[O-]. The van der Waals surface area contributed by atoms with E-state index in [1.807, 2.05) is 30.3 Å². The smallest absolute Gasteiger partial charge is 0.262 e. The molecule has 0 spiro atoms. The van der Waals surface area contributed by atoms with E-state index >= 15 is 0 Å². The Kier molecular flexibility index (Phi) is 3.93. The minimum atomic E-state index is -0.794. The van der Waals surface area contributed by atoms with Crippen LogP contribution in [-0.4, -0.2) is 23.3 Å². The molecule has 0 aromatic heterocycles. The zero-order valence-electron chi connectivity index (χ0n) is 8.13. The molecule has 2 N–H and O–H groups in total. The number of nitro groups is 1. The molecule has 0 fully saturated rings. The van der Waals surface area contributed by atoms with Crippen LogP contribution in [0, 0.1) is 10.1 Å². The molecule has 1 rings (SSSR count). The summed E-state index contributed by atoms with van der Waals surface area (Å²) >= 11 is 0. The van der Waals surface area contributed by atoms with E-state index in [0.717, 1.165) is 5.56 Å². The Morgan fingerprint density at radius 3 is 2.53 bits per heavy atom. The molecule has 0 aliphatic carbocycles. The lowest BCUT2D eigenvalue weighted by molar-refractivity contribution is -0.467. The zero-order chi connectivity index (χ0) is 11.3. The van der Waals surface area contributed by atoms with Crippen LogP contribution in [0.4, 0.5) is 0 Å². The van der Waals surface area contributed by atoms with Crippen molar-refractivity contribution in [2.24, 2.45) is 5.73 Å². The van der Waals surface area contributed by atoms with Crippen LogP contribution >= 0.6 is 0 Å². The van der Waals surface area contributed by atoms with Crippen LogP contribution in [0.2, 0.25) is 0 Å². The van der Waals surface area contributed by atoms with Crippen molar-refractivity contribution in [2.45, 2.75) is 12.5 Å². The van der Waals surface area contributed by atoms with Crippen molar-refractivity contribution in [3.8, 4) is 0 Å². The molecule has 0 saturated carbocycles. The standard InChI is InChI=1S/C10H12N2O3/c11-9(10(13)7-12(14)15)6-8-4-2-1-3-5-8/h1-5,9H,6-7,11H2. The highest BCUT2D eigenvalue weighted by atomic mass is 16.6. The summed E-state index contributed by atoms with van der Waals surface area (Å²) in [5.41, 5.74) is 6.45. The quantitative estimate of drug-likeness (QED) is 0.560. The largest absolute Gasteiger partial charge is 0.321 e. The summed E-state index contributed by atoms with van der Waals surface area (Å²) in [6.45, 7) is -0.700. The molecule has 1 aromatic rings. The van der Waals surface area contributed by atoms with E-state index in [9.17, 15) is 14.9 Å². The highest BCUT2D eigenvalue weighted by Crippen LogP contribution is 2.02. The van der Waals surface area contributed by atoms with E-state index in [4.69, 9.17) is 5.73 Å². The summed E-state index contributed by atoms with van der Waals surface area (Å²) in [6, 6.07) is 8.39. The van der Waals surface area contributed by atoms with Crippen molar-refractivity contribution in [2.75, 3.05) is 6.54 Å². The lowest BCUT2D eigenvalue weighted by Crippen LogP contribution is -2.36. The van der Waals surface area contributed by atoms with E-state index in [1.54, 1.807) is 0 Å². The van der Waals surface area contributed by atoms with Crippen molar-refractivity contribution in [3.05, 3.63) is 46.0 Å². The second-order valence-electron chi connectivity index (χ2n) is 3.25. The second kappa shape index (κ2) is 5.21. The van der Waals surface area contributed by atoms with Crippen LogP contribution in [0.15, 0.2) is 30.3 Å². The molecule has 0 heterocycles. The Morgan fingerprint density at radius 1 is 1.40 bits per heavy atom. The molecular formula is C10H12N2O3. The van der Waals surface area contributed by atoms with Crippen molar-refractivity contribution in [3.63, 3.8) is 0 Å². The van der Waals surface area contributed by atoms with Gasteiger partial charge < -0.3 is 5.73 Å². The lowest BCUT2D eigenvalue weighted by atomic mass is 10.0. The third kappa shape index (κ3) is 3.86. The van der Waals surface area contributed by atoms with Gasteiger partial charge in [-0.3, -0.25) is 14.9 Å². The van der Waals surface area contributed by atoms with Crippen LogP contribution in [0.5, 0.6) is 0 Å². The van der Waals surface area contributed by atoms with Crippen LogP contribution in [-0.2, 0) is 11.2 Å². The van der Waals surface area contributed by atoms with E-state index in [0.29, 0.717) is 6.42 Å². The molecule has 1 aromatic carbocycles. The number of benzene rings is 1. The molecule has 0 saturated heterocycles. The van der Waals surface area contributed by atoms with Crippen LogP contribution in [0.3, 0.4) is 0 Å². The summed E-state index contributed by atoms with van der Waals surface area (Å²) in [6.07, 6.45) is 0.341. The molecule has 5 nitrogen and oxygen atoms in total. The maximum absolute atomic E-state index is 11.2. The number of Topliss-reactive ketones (excluding diaryl/α,β-unsaturated/α-hetero) is 1. The van der Waals surface area contributed by atoms with Gasteiger partial charge in [-0.2, -0.15) is 0 Å². The highest BCUT2D eigenvalue weighted by Gasteiger charge is 2.18. The fourth-order valence-electron chi connectivity index (χ4n) is 1.23. The minimum absolute atomic E-state index is 0.341. The molecule has 1 atom stereocenters. The molecule has 0 amide bonds. The first-order valence-corrected chi connectivity index (χ1v) is 4.53. The highest BCUT2D eigenvalue weighted by molar-refractivity contribution is 5.85. The van der Waals surface area contributed by atoms with Gasteiger partial charge in [0.25, 0.3) is 6.54 Å². The third-order valence-electron chi connectivity index (χ3n) is 2.00. The van der Waals surface area contributed by atoms with E-state index in [1.165, 1.54) is 0 Å². The van der Waals surface area contributed by atoms with Crippen LogP contribution in [0.1, 0.15) is 5.56 Å². The molecule has 80 valence electrons. The van der Waals surface area contributed by atoms with Crippen LogP contribution < -0.4 is 5.73 Å². The van der Waals surface area contributed by atoms with Gasteiger partial charge in [-0.15, -0.1) is 0 Å². The number of nitrogens with zero attached hydrogens (tertiary/aromatic N) is 1. The topological polar surface area (TPSA) is 86.2 Å². The molecule has 1 unspecified atom stereocenters. The Morgan fingerprint density at radius 2 is 2.00 bits per heavy atom. The summed E-state index contributed by atoms with van der Waals surface area (Å²) in [4.78, 5) is 20.6. The van der Waals surface area contributed by atoms with Gasteiger partial charge in [0.1, 0.15) is 0 Å². The first kappa shape index (κ1) is 11.3. The maximum Gasteiger partial charge on any atom is 0.262 e. The molecule has 5 heteroatoms. The van der Waals surface area contributed by atoms with Crippen molar-refractivity contribution in [1.82, 2.24) is 0 Å². The predicted molar refractivity (Wildman–Crippen MR) is 55.0 cm³/mol. The normalized spacial score (nSPS) is 12.1. The summed E-state index contributed by atoms with van der Waals surface area (Å²) < 4.78 is 0. The summed E-state index contributed by atoms with van der Waals surface area (Å²) in [5.74, 6) is -0.538. The van der Waals surface area contributed by atoms with Gasteiger partial charge in [-0.05, 0) is 12.0 Å². The molecular weight excluding hydrogens is 196 g/mol. The van der Waals surface area contributed by atoms with Gasteiger partial charge in [0, 0.05) is 4.92 Å². The van der Waals surface area contributed by atoms with Crippen LogP contribution in [0.25, 0.3) is 0 Å². The Balaban J connectivity index is 2.52. The van der Waals surface area contributed by atoms with Gasteiger partial charge in [-0.25, -0.2) is 0 Å². The van der Waals surface area contributed by atoms with Crippen molar-refractivity contribution < 1.29 is 9.72 Å². The molecule has 0 bridgehead atoms. The number of ketones is 1. The number of nitrogens with two attached hydrogens (primary N) is 1. The third-order valence-corrected chi connectivity index (χ3v) is 2.00. The molecule has 15 heavy (non-hydrogen) atoms. The first-order chi connectivity index (χ1) is 7.09. The average Bonchev–Trinajstić information content (AvgIpc) is 2.18. The van der Waals surface area contributed by atoms with E-state index in [2.05, 4.69) is 0 Å². The number of hydrogen-bond donors (Lipinski definition) is 1. The summed E-state index contributed by atoms with van der Waals surface area (Å²) in [5, 5.41) is 10.1. The summed E-state index contributed by atoms with van der Waals surface area (Å²) in [7, 11) is 0. The van der Waals surface area contributed by atoms with Gasteiger partial charge in [0.2, 0.25) is 5.78 Å². The first-order valence-electron chi connectivity index (χ1n) is 4.53. The maximum atomic E-state index is 11.2. The number of carbonyl (C=O) groups excluding carboxylic acids is 1. The molecule has 0 aliphatic rings. The Hall–Kier alpha value is -1.75. The monoisotopic (exact) mass is 208 g/mol. The average molecular weight is 208 g/mol. The lowest BCUT2D eigenvalue weighted by Gasteiger charge is -2.07. The predicted octanol–water partition coefficient (Wildman–Crippen LogP) is 0.402. The number of hydrogen-bond acceptors (Lipinski definition) is 4. The zero-order valence-corrected chi connectivity index (χ0v) is 8.13. The second-order valence-corrected chi connectivity index (χ2v) is 3.25. The fraction of sp³-hybridized carbons (Fsp3) is 0.300. The minimum Gasteiger partial charge on any atom is -0.321 e. The van der Waals surface area contributed by atoms with E-state index in [-0.39, 0.29) is 0 Å². The molecule has 0 aliphatic heterocycles. The fourth-order valence-corrected chi connectivity index (χ4v) is 1.23. The van der Waals surface area contributed by atoms with Gasteiger partial charge in [-0.1, -0.05) is 30.3 Å². The molecule has 0 radical (unpaired) electrons. The van der Waals surface area contributed by atoms with Crippen molar-refractivity contribution in [1.29, 1.82) is 0 Å². The number of rotatable bonds is 5. The van der Waals surface area contributed by atoms with Gasteiger partial charge >= 0.3 is 0 Å². The van der Waals surface area contributed by atoms with Crippen molar-refractivity contribution >= 4 is 5.78 Å². The Labute approximate surface area is 87.0 Å². The van der Waals surface area contributed by atoms with E-state index < -0.39 is 23.3 Å². The van der Waals surface area contributed by atoms with Gasteiger partial charge in [0.15, 0.2) is 0 Å².